The van der Waals surface area contributed by atoms with E-state index in [1.54, 1.807) is 23.0 Å². The molecule has 0 radical (unpaired) electrons. The summed E-state index contributed by atoms with van der Waals surface area (Å²) in [6.45, 7) is -0.249. The van der Waals surface area contributed by atoms with E-state index in [0.717, 1.165) is 5.69 Å². The molecule has 3 amide bonds. The lowest BCUT2D eigenvalue weighted by atomic mass is 9.72. The van der Waals surface area contributed by atoms with Crippen LogP contribution in [0.3, 0.4) is 0 Å². The van der Waals surface area contributed by atoms with E-state index in [1.807, 2.05) is 42.5 Å². The fraction of sp³-hybridized carbons (Fsp3) is 0.143. The average molecular weight is 387 g/mol. The topological polar surface area (TPSA) is 110 Å². The third-order valence-electron chi connectivity index (χ3n) is 5.49. The zero-order chi connectivity index (χ0) is 20.2. The van der Waals surface area contributed by atoms with Crippen LogP contribution in [0.1, 0.15) is 17.5 Å². The van der Waals surface area contributed by atoms with Gasteiger partial charge in [0, 0.05) is 17.7 Å². The first-order valence-corrected chi connectivity index (χ1v) is 9.16. The maximum atomic E-state index is 13.6. The Balaban J connectivity index is 1.75. The molecule has 1 atom stereocenters. The minimum absolute atomic E-state index is 0.0639. The highest BCUT2D eigenvalue weighted by atomic mass is 16.2. The summed E-state index contributed by atoms with van der Waals surface area (Å²) in [7, 11) is 0. The number of nitrogens with two attached hydrogens (primary N) is 1. The third kappa shape index (κ3) is 2.32. The number of hydrogen-bond acceptors (Lipinski definition) is 4. The molecule has 0 aliphatic carbocycles. The number of para-hydroxylation sites is 2. The first kappa shape index (κ1) is 17.2. The molecule has 3 heterocycles. The van der Waals surface area contributed by atoms with Crippen molar-refractivity contribution in [3.05, 3.63) is 71.9 Å². The number of fused-ring (bicyclic) bond motifs is 4. The maximum absolute atomic E-state index is 13.6. The van der Waals surface area contributed by atoms with Gasteiger partial charge in [-0.05, 0) is 23.8 Å². The summed E-state index contributed by atoms with van der Waals surface area (Å²) < 4.78 is 1.61. The van der Waals surface area contributed by atoms with Crippen molar-refractivity contribution >= 4 is 29.2 Å². The second kappa shape index (κ2) is 6.03. The van der Waals surface area contributed by atoms with Crippen LogP contribution in [0.15, 0.2) is 60.8 Å². The lowest BCUT2D eigenvalue weighted by molar-refractivity contribution is -0.127. The number of nitrogens with one attached hydrogen (secondary N) is 1. The predicted molar refractivity (Wildman–Crippen MR) is 106 cm³/mol. The van der Waals surface area contributed by atoms with E-state index in [4.69, 9.17) is 5.73 Å². The Morgan fingerprint density at radius 2 is 1.79 bits per heavy atom. The fourth-order valence-electron chi connectivity index (χ4n) is 4.33. The zero-order valence-electron chi connectivity index (χ0n) is 15.3. The van der Waals surface area contributed by atoms with Crippen LogP contribution >= 0.6 is 0 Å². The van der Waals surface area contributed by atoms with E-state index in [-0.39, 0.29) is 24.8 Å². The standard InChI is InChI=1S/C21H17N5O3/c22-17(27)12-25-16-9-5-4-8-14(16)21(20(25)29)10-18(28)24-19-15(21)11-23-26(19)13-6-2-1-3-7-13/h1-9,11H,10,12H2,(H2,22,27)(H,24,28). The lowest BCUT2D eigenvalue weighted by Crippen LogP contribution is -2.48. The summed E-state index contributed by atoms with van der Waals surface area (Å²) in [5.41, 5.74) is 6.77. The Morgan fingerprint density at radius 1 is 1.07 bits per heavy atom. The van der Waals surface area contributed by atoms with Gasteiger partial charge in [-0.1, -0.05) is 36.4 Å². The molecule has 0 saturated heterocycles. The maximum Gasteiger partial charge on any atom is 0.243 e. The molecular weight excluding hydrogens is 370 g/mol. The van der Waals surface area contributed by atoms with Gasteiger partial charge >= 0.3 is 0 Å². The SMILES string of the molecule is NC(=O)CN1C(=O)C2(CC(=O)Nc3c2cnn3-c2ccccc2)c2ccccc21. The largest absolute Gasteiger partial charge is 0.368 e. The molecule has 0 saturated carbocycles. The normalized spacial score (nSPS) is 19.8. The number of benzene rings is 2. The van der Waals surface area contributed by atoms with Crippen LogP contribution in [0.2, 0.25) is 0 Å². The monoisotopic (exact) mass is 387 g/mol. The number of rotatable bonds is 3. The van der Waals surface area contributed by atoms with Gasteiger partial charge in [0.1, 0.15) is 17.8 Å². The Bertz CT molecular complexity index is 1170. The van der Waals surface area contributed by atoms with Crippen LogP contribution in [0.5, 0.6) is 0 Å². The van der Waals surface area contributed by atoms with Gasteiger partial charge < -0.3 is 16.0 Å². The minimum Gasteiger partial charge on any atom is -0.368 e. The van der Waals surface area contributed by atoms with Crippen molar-refractivity contribution in [2.24, 2.45) is 5.73 Å². The van der Waals surface area contributed by atoms with Gasteiger partial charge in [-0.2, -0.15) is 5.10 Å². The Morgan fingerprint density at radius 3 is 2.55 bits per heavy atom. The molecule has 8 nitrogen and oxygen atoms in total. The molecule has 29 heavy (non-hydrogen) atoms. The Labute approximate surface area is 165 Å². The van der Waals surface area contributed by atoms with Crippen molar-refractivity contribution in [3.8, 4) is 5.69 Å². The van der Waals surface area contributed by atoms with Crippen LogP contribution in [0.25, 0.3) is 5.69 Å². The highest BCUT2D eigenvalue weighted by Gasteiger charge is 2.57. The van der Waals surface area contributed by atoms with Crippen LogP contribution in [0.4, 0.5) is 11.5 Å². The Kier molecular flexibility index (Phi) is 3.57. The van der Waals surface area contributed by atoms with Gasteiger partial charge in [0.15, 0.2) is 0 Å². The molecule has 2 aromatic carbocycles. The Hall–Kier alpha value is -3.94. The molecule has 1 aromatic heterocycles. The summed E-state index contributed by atoms with van der Waals surface area (Å²) >= 11 is 0. The van der Waals surface area contributed by atoms with E-state index >= 15 is 0 Å². The zero-order valence-corrected chi connectivity index (χ0v) is 15.3. The lowest BCUT2D eigenvalue weighted by Gasteiger charge is -2.32. The summed E-state index contributed by atoms with van der Waals surface area (Å²) in [6.07, 6.45) is 1.55. The molecule has 2 aliphatic rings. The number of primary amides is 1. The second-order valence-electron chi connectivity index (χ2n) is 7.16. The van der Waals surface area contributed by atoms with E-state index in [0.29, 0.717) is 22.6 Å². The van der Waals surface area contributed by atoms with Crippen molar-refractivity contribution in [3.63, 3.8) is 0 Å². The average Bonchev–Trinajstić information content (AvgIpc) is 3.23. The first-order valence-electron chi connectivity index (χ1n) is 9.16. The molecule has 144 valence electrons. The van der Waals surface area contributed by atoms with E-state index in [1.165, 1.54) is 4.90 Å². The summed E-state index contributed by atoms with van der Waals surface area (Å²) in [5.74, 6) is -0.803. The van der Waals surface area contributed by atoms with Gasteiger partial charge in [-0.15, -0.1) is 0 Å². The molecule has 0 bridgehead atoms. The van der Waals surface area contributed by atoms with Crippen molar-refractivity contribution in [2.75, 3.05) is 16.8 Å². The molecule has 1 spiro atoms. The van der Waals surface area contributed by atoms with E-state index in [2.05, 4.69) is 10.4 Å². The molecule has 3 aromatic rings. The van der Waals surface area contributed by atoms with Crippen molar-refractivity contribution in [2.45, 2.75) is 11.8 Å². The van der Waals surface area contributed by atoms with Crippen molar-refractivity contribution < 1.29 is 14.4 Å². The van der Waals surface area contributed by atoms with E-state index < -0.39 is 11.3 Å². The molecular formula is C21H17N5O3. The quantitative estimate of drug-likeness (QED) is 0.706. The molecule has 0 fully saturated rings. The van der Waals surface area contributed by atoms with Gasteiger partial charge in [0.2, 0.25) is 17.7 Å². The number of carbonyl (C=O) groups excluding carboxylic acids is 3. The molecule has 3 N–H and O–H groups in total. The smallest absolute Gasteiger partial charge is 0.243 e. The van der Waals surface area contributed by atoms with Crippen LogP contribution in [-0.4, -0.2) is 34.0 Å². The van der Waals surface area contributed by atoms with Gasteiger partial charge in [0.25, 0.3) is 0 Å². The summed E-state index contributed by atoms with van der Waals surface area (Å²) in [6, 6.07) is 16.5. The molecule has 2 aliphatic heterocycles. The van der Waals surface area contributed by atoms with Crippen LogP contribution < -0.4 is 16.0 Å². The first-order chi connectivity index (χ1) is 14.0. The molecule has 1 unspecified atom stereocenters. The molecule has 5 rings (SSSR count). The predicted octanol–water partition coefficient (Wildman–Crippen LogP) is 1.33. The highest BCUT2D eigenvalue weighted by molar-refractivity contribution is 6.17. The summed E-state index contributed by atoms with van der Waals surface area (Å²) in [5, 5.41) is 7.32. The fourth-order valence-corrected chi connectivity index (χ4v) is 4.33. The number of aromatic nitrogens is 2. The van der Waals surface area contributed by atoms with E-state index in [9.17, 15) is 14.4 Å². The second-order valence-corrected chi connectivity index (χ2v) is 7.16. The van der Waals surface area contributed by atoms with Crippen LogP contribution in [-0.2, 0) is 19.8 Å². The molecule has 8 heteroatoms. The van der Waals surface area contributed by atoms with Gasteiger partial charge in [0.05, 0.1) is 11.9 Å². The van der Waals surface area contributed by atoms with Crippen molar-refractivity contribution in [1.82, 2.24) is 9.78 Å². The van der Waals surface area contributed by atoms with Gasteiger partial charge in [-0.25, -0.2) is 4.68 Å². The van der Waals surface area contributed by atoms with Gasteiger partial charge in [-0.3, -0.25) is 14.4 Å². The third-order valence-corrected chi connectivity index (χ3v) is 5.49. The number of hydrogen-bond donors (Lipinski definition) is 2. The number of amides is 3. The number of carbonyl (C=O) groups is 3. The number of nitrogens with zero attached hydrogens (tertiary/aromatic N) is 3. The van der Waals surface area contributed by atoms with Crippen LogP contribution in [0, 0.1) is 0 Å². The highest BCUT2D eigenvalue weighted by Crippen LogP contribution is 2.52. The minimum atomic E-state index is -1.24. The number of anilines is 2. The summed E-state index contributed by atoms with van der Waals surface area (Å²) in [4.78, 5) is 39.3. The van der Waals surface area contributed by atoms with Crippen molar-refractivity contribution in [1.29, 1.82) is 0 Å².